The van der Waals surface area contributed by atoms with Crippen LogP contribution in [0.3, 0.4) is 0 Å². The van der Waals surface area contributed by atoms with Crippen LogP contribution in [0.4, 0.5) is 13.2 Å². The van der Waals surface area contributed by atoms with Gasteiger partial charge in [0.1, 0.15) is 0 Å². The summed E-state index contributed by atoms with van der Waals surface area (Å²) in [5.74, 6) is 2.60. The molecule has 0 heterocycles. The fraction of sp³-hybridized carbons (Fsp3) is 0.622. The van der Waals surface area contributed by atoms with Crippen LogP contribution in [0.25, 0.3) is 0 Å². The van der Waals surface area contributed by atoms with Crippen LogP contribution in [-0.4, -0.2) is 6.11 Å². The normalized spacial score (nSPS) is 24.5. The highest BCUT2D eigenvalue weighted by atomic mass is 19.3. The number of rotatable bonds is 14. The first-order valence-corrected chi connectivity index (χ1v) is 16.3. The molecule has 41 heavy (non-hydrogen) atoms. The molecule has 1 unspecified atom stereocenters. The summed E-state index contributed by atoms with van der Waals surface area (Å²) in [7, 11) is 0. The molecule has 1 atom stereocenters. The van der Waals surface area contributed by atoms with Gasteiger partial charge < -0.3 is 4.74 Å². The van der Waals surface area contributed by atoms with E-state index in [2.05, 4.69) is 26.0 Å². The zero-order valence-corrected chi connectivity index (χ0v) is 25.3. The fourth-order valence-corrected chi connectivity index (χ4v) is 7.02. The van der Waals surface area contributed by atoms with Crippen molar-refractivity contribution in [3.05, 3.63) is 82.9 Å². The van der Waals surface area contributed by atoms with E-state index in [1.54, 1.807) is 0 Å². The lowest BCUT2D eigenvalue weighted by Crippen LogP contribution is -2.27. The first kappa shape index (κ1) is 31.9. The Kier molecular flexibility index (Phi) is 12.4. The predicted molar refractivity (Wildman–Crippen MR) is 164 cm³/mol. The largest absolute Gasteiger partial charge is 0.391 e. The molecule has 2 aliphatic carbocycles. The van der Waals surface area contributed by atoms with Gasteiger partial charge in [-0.2, -0.15) is 8.78 Å². The summed E-state index contributed by atoms with van der Waals surface area (Å²) in [6.07, 6.45) is 15.2. The molecular weight excluding hydrogens is 517 g/mol. The molecule has 0 amide bonds. The van der Waals surface area contributed by atoms with Gasteiger partial charge in [0.25, 0.3) is 0 Å². The molecule has 0 bridgehead atoms. The summed E-state index contributed by atoms with van der Waals surface area (Å²) >= 11 is 0. The van der Waals surface area contributed by atoms with E-state index in [4.69, 9.17) is 4.74 Å². The summed E-state index contributed by atoms with van der Waals surface area (Å²) in [6, 6.07) is 14.5. The second-order valence-electron chi connectivity index (χ2n) is 12.7. The molecule has 2 aromatic carbocycles. The van der Waals surface area contributed by atoms with Crippen LogP contribution in [0.15, 0.2) is 60.7 Å². The molecule has 4 heteroatoms. The minimum atomic E-state index is -3.89. The summed E-state index contributed by atoms with van der Waals surface area (Å²) in [5, 5.41) is 0. The summed E-state index contributed by atoms with van der Waals surface area (Å²) in [6.45, 7) is 3.99. The van der Waals surface area contributed by atoms with Crippen molar-refractivity contribution in [1.82, 2.24) is 0 Å². The number of hydrogen-bond donors (Lipinski definition) is 0. The van der Waals surface area contributed by atoms with Gasteiger partial charge in [0.2, 0.25) is 6.17 Å². The van der Waals surface area contributed by atoms with Gasteiger partial charge in [-0.25, -0.2) is 4.39 Å². The third-order valence-corrected chi connectivity index (χ3v) is 9.76. The van der Waals surface area contributed by atoms with Crippen molar-refractivity contribution in [2.75, 3.05) is 0 Å². The molecule has 4 rings (SSSR count). The second kappa shape index (κ2) is 16.0. The van der Waals surface area contributed by atoms with Crippen molar-refractivity contribution < 1.29 is 17.9 Å². The molecule has 2 aliphatic rings. The van der Waals surface area contributed by atoms with Gasteiger partial charge in [-0.1, -0.05) is 93.3 Å². The molecule has 0 spiro atoms. The smallest absolute Gasteiger partial charge is 0.313 e. The van der Waals surface area contributed by atoms with Gasteiger partial charge in [-0.05, 0) is 117 Å². The molecule has 2 aromatic rings. The fourth-order valence-electron chi connectivity index (χ4n) is 7.02. The first-order valence-electron chi connectivity index (χ1n) is 16.3. The number of benzene rings is 2. The first-order chi connectivity index (χ1) is 19.9. The van der Waals surface area contributed by atoms with Gasteiger partial charge in [-0.15, -0.1) is 0 Å². The number of ether oxygens (including phenoxy) is 1. The zero-order valence-electron chi connectivity index (χ0n) is 25.3. The number of halogens is 3. The quantitative estimate of drug-likeness (QED) is 0.163. The van der Waals surface area contributed by atoms with E-state index in [1.807, 2.05) is 36.4 Å². The molecule has 2 fully saturated rings. The Balaban J connectivity index is 1.22. The molecule has 0 aliphatic heterocycles. The maximum absolute atomic E-state index is 14.9. The third-order valence-electron chi connectivity index (χ3n) is 9.76. The van der Waals surface area contributed by atoms with E-state index in [0.717, 1.165) is 36.7 Å². The van der Waals surface area contributed by atoms with Gasteiger partial charge in [-0.3, -0.25) is 0 Å². The molecule has 0 N–H and O–H groups in total. The Bertz CT molecular complexity index is 1030. The van der Waals surface area contributed by atoms with Gasteiger partial charge in [0.15, 0.2) is 0 Å². The molecule has 0 aromatic heterocycles. The standard InChI is InChI=1S/C37H51F3O/c1-3-5-7-9-28-11-17-31(18-12-28)33-21-15-30(16-22-33)27-41-37(39,40)36(38)35-25-23-34(24-26-35)32-19-13-29(14-20-32)10-8-6-4-2/h3,5,15-16,21-26,28-29,31-32,36H,4,6-14,17-20,27H2,1-2H3/b5-3+. The average Bonchev–Trinajstić information content (AvgIpc) is 3.01. The number of alkyl halides is 3. The van der Waals surface area contributed by atoms with Crippen LogP contribution in [0, 0.1) is 11.8 Å². The maximum Gasteiger partial charge on any atom is 0.391 e. The SMILES string of the molecule is C/C=C/CCC1CCC(c2ccc(COC(F)(F)C(F)c3ccc(C4CCC(CCCCC)CC4)cc3)cc2)CC1. The van der Waals surface area contributed by atoms with Crippen molar-refractivity contribution in [2.45, 2.75) is 134 Å². The Morgan fingerprint density at radius 2 is 1.32 bits per heavy atom. The lowest BCUT2D eigenvalue weighted by Gasteiger charge is -2.29. The predicted octanol–water partition coefficient (Wildman–Crippen LogP) is 12.0. The van der Waals surface area contributed by atoms with E-state index < -0.39 is 12.3 Å². The Hall–Kier alpha value is -2.07. The van der Waals surface area contributed by atoms with Crippen LogP contribution in [0.1, 0.15) is 144 Å². The van der Waals surface area contributed by atoms with Crippen molar-refractivity contribution in [3.8, 4) is 0 Å². The molecule has 2 saturated carbocycles. The molecular formula is C37H51F3O. The lowest BCUT2D eigenvalue weighted by atomic mass is 9.77. The monoisotopic (exact) mass is 568 g/mol. The van der Waals surface area contributed by atoms with Crippen LogP contribution in [0.5, 0.6) is 0 Å². The average molecular weight is 569 g/mol. The Morgan fingerprint density at radius 3 is 1.85 bits per heavy atom. The van der Waals surface area contributed by atoms with E-state index in [-0.39, 0.29) is 12.2 Å². The highest BCUT2D eigenvalue weighted by Crippen LogP contribution is 2.41. The lowest BCUT2D eigenvalue weighted by molar-refractivity contribution is -0.282. The van der Waals surface area contributed by atoms with Gasteiger partial charge in [0, 0.05) is 0 Å². The molecule has 0 saturated heterocycles. The third kappa shape index (κ3) is 9.46. The Labute approximate surface area is 247 Å². The maximum atomic E-state index is 14.9. The summed E-state index contributed by atoms with van der Waals surface area (Å²) in [5.41, 5.74) is 3.02. The van der Waals surface area contributed by atoms with Crippen molar-refractivity contribution in [3.63, 3.8) is 0 Å². The van der Waals surface area contributed by atoms with Crippen molar-refractivity contribution in [1.29, 1.82) is 0 Å². The molecule has 1 nitrogen and oxygen atoms in total. The Morgan fingerprint density at radius 1 is 0.780 bits per heavy atom. The van der Waals surface area contributed by atoms with Gasteiger partial charge in [0.05, 0.1) is 6.61 Å². The number of hydrogen-bond acceptors (Lipinski definition) is 1. The highest BCUT2D eigenvalue weighted by molar-refractivity contribution is 5.28. The van der Waals surface area contributed by atoms with E-state index in [1.165, 1.54) is 88.3 Å². The number of unbranched alkanes of at least 4 members (excludes halogenated alkanes) is 2. The molecule has 0 radical (unpaired) electrons. The van der Waals surface area contributed by atoms with Crippen LogP contribution < -0.4 is 0 Å². The highest BCUT2D eigenvalue weighted by Gasteiger charge is 2.43. The van der Waals surface area contributed by atoms with Crippen LogP contribution >= 0.6 is 0 Å². The number of allylic oxidation sites excluding steroid dienone is 2. The summed E-state index contributed by atoms with van der Waals surface area (Å²) in [4.78, 5) is 0. The minimum absolute atomic E-state index is 0.0244. The second-order valence-corrected chi connectivity index (χ2v) is 12.7. The van der Waals surface area contributed by atoms with Crippen molar-refractivity contribution >= 4 is 0 Å². The van der Waals surface area contributed by atoms with E-state index in [9.17, 15) is 13.2 Å². The summed E-state index contributed by atoms with van der Waals surface area (Å²) < 4.78 is 49.3. The van der Waals surface area contributed by atoms with Crippen LogP contribution in [-0.2, 0) is 11.3 Å². The topological polar surface area (TPSA) is 9.23 Å². The van der Waals surface area contributed by atoms with Gasteiger partial charge >= 0.3 is 6.11 Å². The van der Waals surface area contributed by atoms with E-state index >= 15 is 0 Å². The minimum Gasteiger partial charge on any atom is -0.313 e. The van der Waals surface area contributed by atoms with E-state index in [0.29, 0.717) is 17.4 Å². The van der Waals surface area contributed by atoms with Crippen LogP contribution in [0.2, 0.25) is 0 Å². The zero-order chi connectivity index (χ0) is 29.1. The molecule has 226 valence electrons. The van der Waals surface area contributed by atoms with Crippen molar-refractivity contribution in [2.24, 2.45) is 11.8 Å².